The summed E-state index contributed by atoms with van der Waals surface area (Å²) in [5.41, 5.74) is 4.57. The van der Waals surface area contributed by atoms with Gasteiger partial charge in [0.2, 0.25) is 0 Å². The summed E-state index contributed by atoms with van der Waals surface area (Å²) >= 11 is 0. The molecule has 0 saturated carbocycles. The van der Waals surface area contributed by atoms with Crippen LogP contribution < -0.4 is 10.1 Å². The molecule has 1 N–H and O–H groups in total. The first kappa shape index (κ1) is 17.7. The van der Waals surface area contributed by atoms with Crippen molar-refractivity contribution in [1.82, 2.24) is 5.32 Å². The van der Waals surface area contributed by atoms with E-state index in [2.05, 4.69) is 17.4 Å². The fourth-order valence-corrected chi connectivity index (χ4v) is 2.71. The number of carbonyl (C=O) groups excluding carboxylic acids is 1. The Kier molecular flexibility index (Phi) is 6.05. The second-order valence-corrected chi connectivity index (χ2v) is 6.32. The maximum atomic E-state index is 12.1. The number of amides is 1. The van der Waals surface area contributed by atoms with Gasteiger partial charge in [-0.15, -0.1) is 0 Å². The molecule has 0 saturated heterocycles. The molecule has 3 nitrogen and oxygen atoms in total. The van der Waals surface area contributed by atoms with E-state index in [1.54, 1.807) is 0 Å². The lowest BCUT2D eigenvalue weighted by molar-refractivity contribution is -0.123. The first-order valence-electron chi connectivity index (χ1n) is 8.77. The zero-order valence-electron chi connectivity index (χ0n) is 14.9. The van der Waals surface area contributed by atoms with Crippen LogP contribution in [0.3, 0.4) is 0 Å². The Hall–Kier alpha value is -3.07. The molecule has 0 aliphatic carbocycles. The highest BCUT2D eigenvalue weighted by Gasteiger charge is 2.07. The van der Waals surface area contributed by atoms with E-state index in [1.807, 2.05) is 73.7 Å². The van der Waals surface area contributed by atoms with E-state index < -0.39 is 0 Å². The van der Waals surface area contributed by atoms with Gasteiger partial charge in [0.25, 0.3) is 5.91 Å². The Bertz CT molecular complexity index is 842. The van der Waals surface area contributed by atoms with Gasteiger partial charge >= 0.3 is 0 Å². The molecule has 0 heterocycles. The van der Waals surface area contributed by atoms with Crippen LogP contribution in [0.15, 0.2) is 78.9 Å². The summed E-state index contributed by atoms with van der Waals surface area (Å²) in [5.74, 6) is 0.627. The highest BCUT2D eigenvalue weighted by Crippen LogP contribution is 2.21. The molecule has 0 atom stereocenters. The maximum Gasteiger partial charge on any atom is 0.258 e. The topological polar surface area (TPSA) is 38.3 Å². The Labute approximate surface area is 154 Å². The molecule has 3 heteroatoms. The van der Waals surface area contributed by atoms with Crippen molar-refractivity contribution in [3.05, 3.63) is 101 Å². The van der Waals surface area contributed by atoms with Crippen LogP contribution in [0.5, 0.6) is 5.75 Å². The summed E-state index contributed by atoms with van der Waals surface area (Å²) in [7, 11) is 0. The average Bonchev–Trinajstić information content (AvgIpc) is 2.68. The van der Waals surface area contributed by atoms with Gasteiger partial charge in [0.15, 0.2) is 6.61 Å². The number of hydrogen-bond donors (Lipinski definition) is 1. The fraction of sp³-hybridized carbons (Fsp3) is 0.174. The van der Waals surface area contributed by atoms with Gasteiger partial charge in [-0.25, -0.2) is 0 Å². The van der Waals surface area contributed by atoms with E-state index in [1.165, 1.54) is 11.1 Å². The molecule has 0 radical (unpaired) electrons. The van der Waals surface area contributed by atoms with E-state index in [0.29, 0.717) is 6.54 Å². The van der Waals surface area contributed by atoms with Crippen molar-refractivity contribution in [2.24, 2.45) is 0 Å². The van der Waals surface area contributed by atoms with Crippen molar-refractivity contribution in [1.29, 1.82) is 0 Å². The van der Waals surface area contributed by atoms with Crippen molar-refractivity contribution in [2.75, 3.05) is 6.61 Å². The first-order chi connectivity index (χ1) is 12.7. The van der Waals surface area contributed by atoms with Gasteiger partial charge in [0.05, 0.1) is 0 Å². The Balaban J connectivity index is 1.54. The number of hydrogen-bond acceptors (Lipinski definition) is 2. The third kappa shape index (κ3) is 5.21. The van der Waals surface area contributed by atoms with Gasteiger partial charge in [0, 0.05) is 13.0 Å². The van der Waals surface area contributed by atoms with Crippen LogP contribution in [0.4, 0.5) is 0 Å². The molecule has 0 bridgehead atoms. The van der Waals surface area contributed by atoms with Crippen molar-refractivity contribution < 1.29 is 9.53 Å². The van der Waals surface area contributed by atoms with Gasteiger partial charge in [-0.1, -0.05) is 78.4 Å². The first-order valence-corrected chi connectivity index (χ1v) is 8.77. The summed E-state index contributed by atoms with van der Waals surface area (Å²) in [6.45, 7) is 2.56. The normalized spacial score (nSPS) is 10.3. The fourth-order valence-electron chi connectivity index (χ4n) is 2.71. The molecule has 0 aromatic heterocycles. The molecule has 3 aromatic rings. The summed E-state index contributed by atoms with van der Waals surface area (Å²) in [6, 6.07) is 26.2. The quantitative estimate of drug-likeness (QED) is 0.694. The second-order valence-electron chi connectivity index (χ2n) is 6.32. The molecule has 1 amide bonds. The Morgan fingerprint density at radius 1 is 0.846 bits per heavy atom. The van der Waals surface area contributed by atoms with Crippen LogP contribution in [0.2, 0.25) is 0 Å². The van der Waals surface area contributed by atoms with E-state index in [0.717, 1.165) is 23.3 Å². The molecule has 0 unspecified atom stereocenters. The van der Waals surface area contributed by atoms with Gasteiger partial charge < -0.3 is 10.1 Å². The number of benzene rings is 3. The standard InChI is InChI=1S/C23H23NO2/c1-18-11-13-20(14-12-18)16-24-23(25)17-26-22-10-6-5-9-21(22)15-19-7-3-2-4-8-19/h2-14H,15-17H2,1H3,(H,24,25). The molecule has 0 spiro atoms. The SMILES string of the molecule is Cc1ccc(CNC(=O)COc2ccccc2Cc2ccccc2)cc1. The zero-order valence-corrected chi connectivity index (χ0v) is 14.9. The monoisotopic (exact) mass is 345 g/mol. The smallest absolute Gasteiger partial charge is 0.258 e. The Morgan fingerprint density at radius 3 is 2.31 bits per heavy atom. The van der Waals surface area contributed by atoms with Crippen LogP contribution >= 0.6 is 0 Å². The summed E-state index contributed by atoms with van der Waals surface area (Å²) in [6.07, 6.45) is 0.780. The maximum absolute atomic E-state index is 12.1. The molecule has 132 valence electrons. The molecular weight excluding hydrogens is 322 g/mol. The lowest BCUT2D eigenvalue weighted by atomic mass is 10.0. The summed E-state index contributed by atoms with van der Waals surface area (Å²) < 4.78 is 5.77. The molecule has 3 rings (SSSR count). The molecule has 0 fully saturated rings. The third-order valence-electron chi connectivity index (χ3n) is 4.18. The summed E-state index contributed by atoms with van der Waals surface area (Å²) in [4.78, 5) is 12.1. The predicted octanol–water partition coefficient (Wildman–Crippen LogP) is 4.28. The predicted molar refractivity (Wildman–Crippen MR) is 104 cm³/mol. The van der Waals surface area contributed by atoms with Crippen LogP contribution in [-0.4, -0.2) is 12.5 Å². The number of carbonyl (C=O) groups is 1. The van der Waals surface area contributed by atoms with Crippen LogP contribution in [-0.2, 0) is 17.8 Å². The average molecular weight is 345 g/mol. The lowest BCUT2D eigenvalue weighted by Crippen LogP contribution is -2.28. The van der Waals surface area contributed by atoms with Crippen molar-refractivity contribution in [3.8, 4) is 5.75 Å². The van der Waals surface area contributed by atoms with Crippen LogP contribution in [0, 0.1) is 6.92 Å². The minimum absolute atomic E-state index is 0.0116. The largest absolute Gasteiger partial charge is 0.483 e. The van der Waals surface area contributed by atoms with Gasteiger partial charge in [0.1, 0.15) is 5.75 Å². The van der Waals surface area contributed by atoms with Crippen LogP contribution in [0.1, 0.15) is 22.3 Å². The minimum Gasteiger partial charge on any atom is -0.483 e. The molecule has 26 heavy (non-hydrogen) atoms. The number of para-hydroxylation sites is 1. The molecule has 0 aliphatic rings. The van der Waals surface area contributed by atoms with Gasteiger partial charge in [-0.2, -0.15) is 0 Å². The number of ether oxygens (including phenoxy) is 1. The van der Waals surface area contributed by atoms with Crippen molar-refractivity contribution >= 4 is 5.91 Å². The van der Waals surface area contributed by atoms with Gasteiger partial charge in [-0.3, -0.25) is 4.79 Å². The number of rotatable bonds is 7. The second kappa shape index (κ2) is 8.86. The summed E-state index contributed by atoms with van der Waals surface area (Å²) in [5, 5.41) is 2.89. The van der Waals surface area contributed by atoms with Gasteiger partial charge in [-0.05, 0) is 29.7 Å². The minimum atomic E-state index is -0.125. The van der Waals surface area contributed by atoms with E-state index >= 15 is 0 Å². The number of nitrogens with one attached hydrogen (secondary N) is 1. The van der Waals surface area contributed by atoms with E-state index in [4.69, 9.17) is 4.74 Å². The highest BCUT2D eigenvalue weighted by atomic mass is 16.5. The zero-order chi connectivity index (χ0) is 18.2. The van der Waals surface area contributed by atoms with Crippen molar-refractivity contribution in [3.63, 3.8) is 0 Å². The van der Waals surface area contributed by atoms with Crippen LogP contribution in [0.25, 0.3) is 0 Å². The molecular formula is C23H23NO2. The number of aryl methyl sites for hydroxylation is 1. The van der Waals surface area contributed by atoms with E-state index in [9.17, 15) is 4.79 Å². The molecule has 0 aliphatic heterocycles. The van der Waals surface area contributed by atoms with E-state index in [-0.39, 0.29) is 12.5 Å². The molecule has 3 aromatic carbocycles. The third-order valence-corrected chi connectivity index (χ3v) is 4.18. The Morgan fingerprint density at radius 2 is 1.54 bits per heavy atom. The highest BCUT2D eigenvalue weighted by molar-refractivity contribution is 5.77. The van der Waals surface area contributed by atoms with Crippen molar-refractivity contribution in [2.45, 2.75) is 19.9 Å². The lowest BCUT2D eigenvalue weighted by Gasteiger charge is -2.12.